The summed E-state index contributed by atoms with van der Waals surface area (Å²) in [6.45, 7) is 4.08. The molecule has 4 rings (SSSR count). The fraction of sp³-hybridized carbons (Fsp3) is 0.304. The number of benzene rings is 2. The number of fused-ring (bicyclic) bond motifs is 2. The summed E-state index contributed by atoms with van der Waals surface area (Å²) in [4.78, 5) is 28.0. The number of hydrogen-bond acceptors (Lipinski definition) is 6. The van der Waals surface area contributed by atoms with Gasteiger partial charge < -0.3 is 23.9 Å². The van der Waals surface area contributed by atoms with Gasteiger partial charge in [-0.05, 0) is 43.7 Å². The van der Waals surface area contributed by atoms with E-state index in [9.17, 15) is 14.7 Å². The average molecular weight is 409 g/mol. The molecule has 156 valence electrons. The van der Waals surface area contributed by atoms with E-state index in [1.165, 1.54) is 12.0 Å². The molecule has 1 atom stereocenters. The maximum Gasteiger partial charge on any atom is 0.290 e. The summed E-state index contributed by atoms with van der Waals surface area (Å²) < 4.78 is 16.9. The summed E-state index contributed by atoms with van der Waals surface area (Å²) in [5.74, 6) is 0.669. The van der Waals surface area contributed by atoms with Crippen molar-refractivity contribution in [3.8, 4) is 11.5 Å². The molecular weight excluding hydrogens is 386 g/mol. The average Bonchev–Trinajstić information content (AvgIpc) is 3.02. The third-order valence-corrected chi connectivity index (χ3v) is 5.27. The van der Waals surface area contributed by atoms with Crippen LogP contribution in [0.4, 0.5) is 0 Å². The predicted octanol–water partition coefficient (Wildman–Crippen LogP) is 3.05. The number of methoxy groups -OCH3 is 1. The number of aryl methyl sites for hydroxylation is 1. The van der Waals surface area contributed by atoms with Crippen LogP contribution in [0.2, 0.25) is 0 Å². The highest BCUT2D eigenvalue weighted by Gasteiger charge is 2.42. The first-order valence-electron chi connectivity index (χ1n) is 9.80. The first-order chi connectivity index (χ1) is 14.5. The second kappa shape index (κ2) is 7.84. The Morgan fingerprint density at radius 2 is 1.93 bits per heavy atom. The number of carbonyl (C=O) groups is 1. The van der Waals surface area contributed by atoms with Crippen LogP contribution in [0.25, 0.3) is 11.0 Å². The van der Waals surface area contributed by atoms with Crippen molar-refractivity contribution in [2.24, 2.45) is 0 Å². The van der Waals surface area contributed by atoms with Crippen molar-refractivity contribution in [3.05, 3.63) is 69.1 Å². The van der Waals surface area contributed by atoms with E-state index in [4.69, 9.17) is 13.9 Å². The van der Waals surface area contributed by atoms with Crippen molar-refractivity contribution in [2.75, 3.05) is 26.9 Å². The third-order valence-electron chi connectivity index (χ3n) is 5.27. The van der Waals surface area contributed by atoms with Gasteiger partial charge in [0.2, 0.25) is 5.76 Å². The van der Waals surface area contributed by atoms with Gasteiger partial charge >= 0.3 is 0 Å². The van der Waals surface area contributed by atoms with Crippen LogP contribution in [0.3, 0.4) is 0 Å². The Morgan fingerprint density at radius 3 is 2.63 bits per heavy atom. The highest BCUT2D eigenvalue weighted by Crippen LogP contribution is 2.40. The van der Waals surface area contributed by atoms with E-state index in [-0.39, 0.29) is 29.9 Å². The van der Waals surface area contributed by atoms with E-state index in [2.05, 4.69) is 0 Å². The highest BCUT2D eigenvalue weighted by molar-refractivity contribution is 5.99. The van der Waals surface area contributed by atoms with Crippen LogP contribution in [0.15, 0.2) is 45.6 Å². The van der Waals surface area contributed by atoms with Gasteiger partial charge in [-0.25, -0.2) is 0 Å². The van der Waals surface area contributed by atoms with Gasteiger partial charge in [-0.3, -0.25) is 9.59 Å². The zero-order valence-corrected chi connectivity index (χ0v) is 17.1. The molecule has 0 unspecified atom stereocenters. The zero-order chi connectivity index (χ0) is 21.4. The van der Waals surface area contributed by atoms with E-state index in [0.29, 0.717) is 34.6 Å². The Hall–Kier alpha value is -3.32. The number of amides is 1. The lowest BCUT2D eigenvalue weighted by Crippen LogP contribution is -2.32. The van der Waals surface area contributed by atoms with E-state index in [1.54, 1.807) is 30.3 Å². The molecule has 7 nitrogen and oxygen atoms in total. The quantitative estimate of drug-likeness (QED) is 0.673. The lowest BCUT2D eigenvalue weighted by atomic mass is 9.97. The standard InChI is InChI=1S/C23H23NO6/c1-4-29-17-8-6-14(12-18(17)28-3)20-19-21(26)15-11-13(2)5-7-16(15)30-22(19)23(27)24(20)9-10-25/h5-8,11-12,20,25H,4,9-10H2,1-3H3/t20-/m1/s1. The van der Waals surface area contributed by atoms with Crippen molar-refractivity contribution in [3.63, 3.8) is 0 Å². The molecule has 1 aliphatic rings. The van der Waals surface area contributed by atoms with E-state index in [1.807, 2.05) is 19.9 Å². The van der Waals surface area contributed by atoms with Gasteiger partial charge in [0.25, 0.3) is 5.91 Å². The molecule has 7 heteroatoms. The fourth-order valence-corrected chi connectivity index (χ4v) is 3.95. The van der Waals surface area contributed by atoms with Crippen LogP contribution in [0.1, 0.15) is 40.2 Å². The molecule has 0 saturated heterocycles. The summed E-state index contributed by atoms with van der Waals surface area (Å²) in [6.07, 6.45) is 0. The van der Waals surface area contributed by atoms with Crippen LogP contribution in [0, 0.1) is 6.92 Å². The Labute approximate surface area is 173 Å². The van der Waals surface area contributed by atoms with Crippen molar-refractivity contribution in [1.29, 1.82) is 0 Å². The predicted molar refractivity (Wildman–Crippen MR) is 111 cm³/mol. The minimum atomic E-state index is -0.689. The van der Waals surface area contributed by atoms with Gasteiger partial charge in [0.05, 0.1) is 37.3 Å². The topological polar surface area (TPSA) is 89.2 Å². The van der Waals surface area contributed by atoms with Crippen molar-refractivity contribution >= 4 is 16.9 Å². The molecule has 1 aliphatic heterocycles. The summed E-state index contributed by atoms with van der Waals surface area (Å²) in [5, 5.41) is 9.98. The summed E-state index contributed by atoms with van der Waals surface area (Å²) in [6, 6.07) is 9.90. The maximum absolute atomic E-state index is 13.4. The maximum atomic E-state index is 13.4. The second-order valence-electron chi connectivity index (χ2n) is 7.14. The molecule has 30 heavy (non-hydrogen) atoms. The number of β-amino-alcohol motifs (C(OH)–C–C–N with tert-alkyl or cyclic N) is 1. The van der Waals surface area contributed by atoms with Gasteiger partial charge in [0.15, 0.2) is 16.9 Å². The molecule has 0 spiro atoms. The number of carbonyl (C=O) groups excluding carboxylic acids is 1. The molecular formula is C23H23NO6. The fourth-order valence-electron chi connectivity index (χ4n) is 3.95. The zero-order valence-electron chi connectivity index (χ0n) is 17.1. The summed E-state index contributed by atoms with van der Waals surface area (Å²) in [7, 11) is 1.53. The van der Waals surface area contributed by atoms with Crippen molar-refractivity contribution < 1.29 is 23.8 Å². The first-order valence-corrected chi connectivity index (χ1v) is 9.80. The number of aliphatic hydroxyl groups excluding tert-OH is 1. The third kappa shape index (κ3) is 3.11. The van der Waals surface area contributed by atoms with E-state index in [0.717, 1.165) is 5.56 Å². The van der Waals surface area contributed by atoms with E-state index >= 15 is 0 Å². The van der Waals surface area contributed by atoms with Crippen LogP contribution >= 0.6 is 0 Å². The van der Waals surface area contributed by atoms with Crippen molar-refractivity contribution in [2.45, 2.75) is 19.9 Å². The van der Waals surface area contributed by atoms with Crippen molar-refractivity contribution in [1.82, 2.24) is 4.90 Å². The lowest BCUT2D eigenvalue weighted by molar-refractivity contribution is 0.0691. The minimum absolute atomic E-state index is 0.0163. The molecule has 0 fully saturated rings. The molecule has 2 aromatic carbocycles. The van der Waals surface area contributed by atoms with Crippen LogP contribution < -0.4 is 14.9 Å². The highest BCUT2D eigenvalue weighted by atomic mass is 16.5. The Kier molecular flexibility index (Phi) is 5.22. The van der Waals surface area contributed by atoms with Crippen LogP contribution in [-0.4, -0.2) is 42.8 Å². The first kappa shape index (κ1) is 20.0. The summed E-state index contributed by atoms with van der Waals surface area (Å²) in [5.41, 5.74) is 1.99. The van der Waals surface area contributed by atoms with Gasteiger partial charge in [0, 0.05) is 6.54 Å². The Bertz CT molecular complexity index is 1180. The molecule has 1 N–H and O–H groups in total. The molecule has 1 amide bonds. The molecule has 0 radical (unpaired) electrons. The number of aliphatic hydroxyl groups is 1. The SMILES string of the molecule is CCOc1ccc([C@@H]2c3c(oc4ccc(C)cc4c3=O)C(=O)N2CCO)cc1OC. The molecule has 0 aliphatic carbocycles. The molecule has 3 aromatic rings. The van der Waals surface area contributed by atoms with E-state index < -0.39 is 11.9 Å². The normalized spacial score (nSPS) is 15.5. The largest absolute Gasteiger partial charge is 0.493 e. The molecule has 0 bridgehead atoms. The summed E-state index contributed by atoms with van der Waals surface area (Å²) >= 11 is 0. The Balaban J connectivity index is 1.95. The van der Waals surface area contributed by atoms with Gasteiger partial charge in [0.1, 0.15) is 5.58 Å². The molecule has 1 aromatic heterocycles. The van der Waals surface area contributed by atoms with Gasteiger partial charge in [-0.15, -0.1) is 0 Å². The lowest BCUT2D eigenvalue weighted by Gasteiger charge is -2.25. The number of rotatable bonds is 6. The number of hydrogen-bond donors (Lipinski definition) is 1. The van der Waals surface area contributed by atoms with Crippen LogP contribution in [0.5, 0.6) is 11.5 Å². The van der Waals surface area contributed by atoms with Gasteiger partial charge in [-0.2, -0.15) is 0 Å². The Morgan fingerprint density at radius 1 is 1.13 bits per heavy atom. The monoisotopic (exact) mass is 409 g/mol. The number of nitrogens with zero attached hydrogens (tertiary/aromatic N) is 1. The molecule has 2 heterocycles. The number of ether oxygens (including phenoxy) is 2. The minimum Gasteiger partial charge on any atom is -0.493 e. The molecule has 0 saturated carbocycles. The smallest absolute Gasteiger partial charge is 0.290 e. The second-order valence-corrected chi connectivity index (χ2v) is 7.14. The van der Waals surface area contributed by atoms with Crippen LogP contribution in [-0.2, 0) is 0 Å². The van der Waals surface area contributed by atoms with Gasteiger partial charge in [-0.1, -0.05) is 17.7 Å².